The fourth-order valence-corrected chi connectivity index (χ4v) is 2.71. The molecule has 0 unspecified atom stereocenters. The van der Waals surface area contributed by atoms with E-state index in [2.05, 4.69) is 15.3 Å². The molecule has 2 heterocycles. The maximum atomic E-state index is 5.21. The van der Waals surface area contributed by atoms with E-state index in [1.165, 1.54) is 0 Å². The number of aromatic nitrogens is 2. The number of methoxy groups -OCH3 is 1. The molecule has 0 amide bonds. The summed E-state index contributed by atoms with van der Waals surface area (Å²) in [6.45, 7) is 1.97. The summed E-state index contributed by atoms with van der Waals surface area (Å²) in [5, 5.41) is 4.06. The van der Waals surface area contributed by atoms with Gasteiger partial charge in [0.25, 0.3) is 0 Å². The van der Waals surface area contributed by atoms with Gasteiger partial charge in [-0.05, 0) is 37.3 Å². The number of aryl methyl sites for hydroxylation is 1. The Balaban J connectivity index is 1.93. The number of hydrogen-bond acceptors (Lipinski definition) is 5. The third-order valence-corrected chi connectivity index (χ3v) is 3.65. The highest BCUT2D eigenvalue weighted by molar-refractivity contribution is 7.22. The van der Waals surface area contributed by atoms with Crippen molar-refractivity contribution in [2.75, 3.05) is 12.4 Å². The molecule has 2 aromatic heterocycles. The van der Waals surface area contributed by atoms with Gasteiger partial charge in [-0.3, -0.25) is 0 Å². The van der Waals surface area contributed by atoms with Crippen LogP contribution < -0.4 is 10.1 Å². The van der Waals surface area contributed by atoms with Crippen LogP contribution in [0.2, 0.25) is 0 Å². The average Bonchev–Trinajstić information content (AvgIpc) is 2.79. The largest absolute Gasteiger partial charge is 0.497 e. The molecule has 0 aliphatic carbocycles. The van der Waals surface area contributed by atoms with Gasteiger partial charge < -0.3 is 10.1 Å². The molecule has 1 N–H and O–H groups in total. The molecule has 0 atom stereocenters. The zero-order valence-corrected chi connectivity index (χ0v) is 11.5. The molecule has 0 saturated heterocycles. The molecule has 0 saturated carbocycles. The molecule has 19 heavy (non-hydrogen) atoms. The number of ether oxygens (including phenoxy) is 1. The summed E-state index contributed by atoms with van der Waals surface area (Å²) in [7, 11) is 1.66. The third kappa shape index (κ3) is 2.51. The Labute approximate surface area is 115 Å². The van der Waals surface area contributed by atoms with E-state index in [4.69, 9.17) is 4.74 Å². The van der Waals surface area contributed by atoms with Gasteiger partial charge in [-0.25, -0.2) is 9.97 Å². The highest BCUT2D eigenvalue weighted by Crippen LogP contribution is 2.30. The van der Waals surface area contributed by atoms with Crippen molar-refractivity contribution in [3.63, 3.8) is 0 Å². The number of nitrogens with one attached hydrogen (secondary N) is 1. The molecule has 1 aromatic carbocycles. The first-order valence-corrected chi connectivity index (χ1v) is 6.71. The third-order valence-electron chi connectivity index (χ3n) is 2.72. The van der Waals surface area contributed by atoms with Gasteiger partial charge in [0.2, 0.25) is 0 Å². The van der Waals surface area contributed by atoms with E-state index >= 15 is 0 Å². The van der Waals surface area contributed by atoms with Crippen LogP contribution in [0.25, 0.3) is 10.2 Å². The van der Waals surface area contributed by atoms with E-state index in [0.29, 0.717) is 0 Å². The van der Waals surface area contributed by atoms with E-state index in [1.807, 2.05) is 43.3 Å². The van der Waals surface area contributed by atoms with Gasteiger partial charge in [0, 0.05) is 5.69 Å². The SMILES string of the molecule is COc1ccc2nc(Nc3cccc(C)n3)sc2c1. The van der Waals surface area contributed by atoms with Crippen molar-refractivity contribution in [1.29, 1.82) is 0 Å². The van der Waals surface area contributed by atoms with Crippen molar-refractivity contribution in [1.82, 2.24) is 9.97 Å². The molecule has 0 spiro atoms. The molecular weight excluding hydrogens is 258 g/mol. The molecule has 0 radical (unpaired) electrons. The van der Waals surface area contributed by atoms with Gasteiger partial charge in [0.1, 0.15) is 11.6 Å². The maximum Gasteiger partial charge on any atom is 0.189 e. The molecule has 4 nitrogen and oxygen atoms in total. The van der Waals surface area contributed by atoms with Crippen LogP contribution in [0.1, 0.15) is 5.69 Å². The summed E-state index contributed by atoms with van der Waals surface area (Å²) < 4.78 is 6.30. The molecule has 0 bridgehead atoms. The molecule has 3 rings (SSSR count). The van der Waals surface area contributed by atoms with E-state index in [0.717, 1.165) is 32.6 Å². The summed E-state index contributed by atoms with van der Waals surface area (Å²) >= 11 is 1.59. The van der Waals surface area contributed by atoms with Gasteiger partial charge in [-0.1, -0.05) is 17.4 Å². The van der Waals surface area contributed by atoms with Gasteiger partial charge in [0.15, 0.2) is 5.13 Å². The fraction of sp³-hybridized carbons (Fsp3) is 0.143. The van der Waals surface area contributed by atoms with Crippen molar-refractivity contribution < 1.29 is 4.74 Å². The number of rotatable bonds is 3. The Morgan fingerprint density at radius 1 is 1.16 bits per heavy atom. The van der Waals surface area contributed by atoms with Crippen molar-refractivity contribution in [3.05, 3.63) is 42.1 Å². The monoisotopic (exact) mass is 271 g/mol. The Morgan fingerprint density at radius 3 is 2.84 bits per heavy atom. The van der Waals surface area contributed by atoms with Gasteiger partial charge >= 0.3 is 0 Å². The lowest BCUT2D eigenvalue weighted by molar-refractivity contribution is 0.415. The van der Waals surface area contributed by atoms with E-state index in [1.54, 1.807) is 18.4 Å². The number of nitrogens with zero attached hydrogens (tertiary/aromatic N) is 2. The maximum absolute atomic E-state index is 5.21. The minimum absolute atomic E-state index is 0.811. The van der Waals surface area contributed by atoms with E-state index < -0.39 is 0 Å². The summed E-state index contributed by atoms with van der Waals surface area (Å²) in [4.78, 5) is 8.93. The zero-order chi connectivity index (χ0) is 13.2. The van der Waals surface area contributed by atoms with Crippen molar-refractivity contribution in [2.45, 2.75) is 6.92 Å². The fourth-order valence-electron chi connectivity index (χ4n) is 1.81. The molecule has 3 aromatic rings. The van der Waals surface area contributed by atoms with Gasteiger partial charge in [-0.15, -0.1) is 0 Å². The molecule has 96 valence electrons. The lowest BCUT2D eigenvalue weighted by Gasteiger charge is -2.01. The molecular formula is C14H13N3OS. The first kappa shape index (κ1) is 11.9. The quantitative estimate of drug-likeness (QED) is 0.788. The minimum atomic E-state index is 0.811. The number of pyridine rings is 1. The van der Waals surface area contributed by atoms with Crippen molar-refractivity contribution in [2.24, 2.45) is 0 Å². The summed E-state index contributed by atoms with van der Waals surface area (Å²) in [6, 6.07) is 11.7. The van der Waals surface area contributed by atoms with Crippen LogP contribution in [-0.2, 0) is 0 Å². The van der Waals surface area contributed by atoms with Gasteiger partial charge in [0.05, 0.1) is 17.3 Å². The molecule has 0 aliphatic heterocycles. The van der Waals surface area contributed by atoms with Crippen LogP contribution >= 0.6 is 11.3 Å². The summed E-state index contributed by atoms with van der Waals surface area (Å²) in [6.07, 6.45) is 0. The van der Waals surface area contributed by atoms with Crippen molar-refractivity contribution in [3.8, 4) is 5.75 Å². The Hall–Kier alpha value is -2.14. The first-order chi connectivity index (χ1) is 9.24. The van der Waals surface area contributed by atoms with Crippen LogP contribution in [0.3, 0.4) is 0 Å². The lowest BCUT2D eigenvalue weighted by Crippen LogP contribution is -1.93. The number of anilines is 2. The van der Waals surface area contributed by atoms with Crippen LogP contribution in [0.15, 0.2) is 36.4 Å². The number of fused-ring (bicyclic) bond motifs is 1. The summed E-state index contributed by atoms with van der Waals surface area (Å²) in [5.74, 6) is 1.66. The van der Waals surface area contributed by atoms with E-state index in [-0.39, 0.29) is 0 Å². The minimum Gasteiger partial charge on any atom is -0.497 e. The van der Waals surface area contributed by atoms with Crippen LogP contribution in [0.4, 0.5) is 10.9 Å². The van der Waals surface area contributed by atoms with E-state index in [9.17, 15) is 0 Å². The normalized spacial score (nSPS) is 10.6. The second-order valence-electron chi connectivity index (χ2n) is 4.14. The zero-order valence-electron chi connectivity index (χ0n) is 10.7. The highest BCUT2D eigenvalue weighted by atomic mass is 32.1. The Bertz CT molecular complexity index is 724. The number of benzene rings is 1. The summed E-state index contributed by atoms with van der Waals surface area (Å²) in [5.41, 5.74) is 1.94. The van der Waals surface area contributed by atoms with Gasteiger partial charge in [-0.2, -0.15) is 0 Å². The van der Waals surface area contributed by atoms with Crippen LogP contribution in [-0.4, -0.2) is 17.1 Å². The first-order valence-electron chi connectivity index (χ1n) is 5.90. The second-order valence-corrected chi connectivity index (χ2v) is 5.17. The highest BCUT2D eigenvalue weighted by Gasteiger charge is 2.05. The standard InChI is InChI=1S/C14H13N3OS/c1-9-4-3-5-13(15-9)17-14-16-11-7-6-10(18-2)8-12(11)19-14/h3-8H,1-2H3,(H,15,16,17). The average molecular weight is 271 g/mol. The molecule has 0 aliphatic rings. The predicted molar refractivity (Wildman–Crippen MR) is 78.4 cm³/mol. The van der Waals surface area contributed by atoms with Crippen LogP contribution in [0.5, 0.6) is 5.75 Å². The smallest absolute Gasteiger partial charge is 0.189 e. The Morgan fingerprint density at radius 2 is 2.05 bits per heavy atom. The number of hydrogen-bond donors (Lipinski definition) is 1. The second kappa shape index (κ2) is 4.85. The van der Waals surface area contributed by atoms with Crippen LogP contribution in [0, 0.1) is 6.92 Å². The molecule has 5 heteroatoms. The topological polar surface area (TPSA) is 47.0 Å². The predicted octanol–water partition coefficient (Wildman–Crippen LogP) is 3.75. The van der Waals surface area contributed by atoms with Crippen molar-refractivity contribution >= 4 is 32.5 Å². The lowest BCUT2D eigenvalue weighted by atomic mass is 10.3. The molecule has 0 fully saturated rings. The Kier molecular flexibility index (Phi) is 3.05. The number of thiazole rings is 1.